The first-order valence-corrected chi connectivity index (χ1v) is 7.77. The number of carbonyl (C=O) groups excluding carboxylic acids is 1. The molecule has 1 unspecified atom stereocenters. The average molecular weight is 291 g/mol. The largest absolute Gasteiger partial charge is 0.343 e. The Kier molecular flexibility index (Phi) is 8.01. The molecule has 0 aromatic heterocycles. The Hall–Kier alpha value is -1.39. The van der Waals surface area contributed by atoms with E-state index in [1.807, 2.05) is 42.2 Å². The standard InChI is InChI=1S/C17H29N3O/c1-4-20(14-8-13-19(2)3)17(21)12-11-16(18)15-9-6-5-7-10-15/h5-7,9-10,16H,4,8,11-14,18H2,1-3H3. The van der Waals surface area contributed by atoms with E-state index in [4.69, 9.17) is 5.73 Å². The molecule has 0 heterocycles. The lowest BCUT2D eigenvalue weighted by atomic mass is 10.0. The lowest BCUT2D eigenvalue weighted by Gasteiger charge is -2.22. The van der Waals surface area contributed by atoms with E-state index in [1.165, 1.54) is 0 Å². The van der Waals surface area contributed by atoms with Crippen molar-refractivity contribution in [3.63, 3.8) is 0 Å². The second kappa shape index (κ2) is 9.53. The van der Waals surface area contributed by atoms with Crippen LogP contribution in [0.5, 0.6) is 0 Å². The van der Waals surface area contributed by atoms with Crippen LogP contribution in [0.4, 0.5) is 0 Å². The molecule has 1 atom stereocenters. The van der Waals surface area contributed by atoms with Crippen molar-refractivity contribution in [3.8, 4) is 0 Å². The third-order valence-corrected chi connectivity index (χ3v) is 3.66. The van der Waals surface area contributed by atoms with Gasteiger partial charge < -0.3 is 15.5 Å². The van der Waals surface area contributed by atoms with E-state index in [0.717, 1.165) is 31.6 Å². The molecule has 0 bridgehead atoms. The molecule has 1 amide bonds. The van der Waals surface area contributed by atoms with Gasteiger partial charge in [0.05, 0.1) is 0 Å². The summed E-state index contributed by atoms with van der Waals surface area (Å²) in [5.74, 6) is 0.211. The molecule has 21 heavy (non-hydrogen) atoms. The molecule has 4 heteroatoms. The van der Waals surface area contributed by atoms with Crippen molar-refractivity contribution < 1.29 is 4.79 Å². The van der Waals surface area contributed by atoms with Gasteiger partial charge in [-0.2, -0.15) is 0 Å². The minimum Gasteiger partial charge on any atom is -0.343 e. The molecular weight excluding hydrogens is 262 g/mol. The summed E-state index contributed by atoms with van der Waals surface area (Å²) in [5.41, 5.74) is 7.25. The summed E-state index contributed by atoms with van der Waals surface area (Å²) in [6.07, 6.45) is 2.23. The number of amides is 1. The van der Waals surface area contributed by atoms with E-state index in [0.29, 0.717) is 12.8 Å². The van der Waals surface area contributed by atoms with Gasteiger partial charge in [0.2, 0.25) is 5.91 Å². The fourth-order valence-corrected chi connectivity index (χ4v) is 2.34. The van der Waals surface area contributed by atoms with Crippen LogP contribution in [-0.4, -0.2) is 49.4 Å². The first kappa shape index (κ1) is 17.7. The number of benzene rings is 1. The third-order valence-electron chi connectivity index (χ3n) is 3.66. The summed E-state index contributed by atoms with van der Waals surface area (Å²) in [7, 11) is 4.11. The number of hydrogen-bond donors (Lipinski definition) is 1. The molecule has 0 aliphatic heterocycles. The molecule has 118 valence electrons. The average Bonchev–Trinajstić information content (AvgIpc) is 2.49. The Morgan fingerprint density at radius 1 is 1.19 bits per heavy atom. The molecule has 1 rings (SSSR count). The molecule has 0 aliphatic rings. The summed E-state index contributed by atoms with van der Waals surface area (Å²) in [5, 5.41) is 0. The monoisotopic (exact) mass is 291 g/mol. The normalized spacial score (nSPS) is 12.4. The van der Waals surface area contributed by atoms with Gasteiger partial charge in [0.15, 0.2) is 0 Å². The lowest BCUT2D eigenvalue weighted by Crippen LogP contribution is -2.33. The van der Waals surface area contributed by atoms with Crippen LogP contribution < -0.4 is 5.73 Å². The summed E-state index contributed by atoms with van der Waals surface area (Å²) < 4.78 is 0. The Bertz CT molecular complexity index is 406. The minimum absolute atomic E-state index is 0.0596. The molecule has 0 fully saturated rings. The van der Waals surface area contributed by atoms with Crippen molar-refractivity contribution in [3.05, 3.63) is 35.9 Å². The summed E-state index contributed by atoms with van der Waals surface area (Å²) in [4.78, 5) is 16.3. The highest BCUT2D eigenvalue weighted by atomic mass is 16.2. The highest BCUT2D eigenvalue weighted by Crippen LogP contribution is 2.15. The molecule has 0 radical (unpaired) electrons. The molecule has 1 aromatic rings. The van der Waals surface area contributed by atoms with Crippen LogP contribution in [0.1, 0.15) is 37.8 Å². The first-order chi connectivity index (χ1) is 10.0. The van der Waals surface area contributed by atoms with E-state index >= 15 is 0 Å². The molecule has 0 aliphatic carbocycles. The van der Waals surface area contributed by atoms with Gasteiger partial charge in [-0.3, -0.25) is 4.79 Å². The molecule has 4 nitrogen and oxygen atoms in total. The van der Waals surface area contributed by atoms with Gasteiger partial charge in [-0.05, 0) is 46.0 Å². The van der Waals surface area contributed by atoms with Gasteiger partial charge in [-0.25, -0.2) is 0 Å². The van der Waals surface area contributed by atoms with Crippen molar-refractivity contribution in [2.24, 2.45) is 5.73 Å². The van der Waals surface area contributed by atoms with Crippen molar-refractivity contribution in [2.45, 2.75) is 32.2 Å². The zero-order valence-corrected chi connectivity index (χ0v) is 13.6. The van der Waals surface area contributed by atoms with Gasteiger partial charge in [0, 0.05) is 25.6 Å². The van der Waals surface area contributed by atoms with Crippen LogP contribution in [0.15, 0.2) is 30.3 Å². The number of nitrogens with two attached hydrogens (primary N) is 1. The number of nitrogens with zero attached hydrogens (tertiary/aromatic N) is 2. The molecule has 1 aromatic carbocycles. The van der Waals surface area contributed by atoms with E-state index < -0.39 is 0 Å². The lowest BCUT2D eigenvalue weighted by molar-refractivity contribution is -0.131. The maximum absolute atomic E-state index is 12.2. The van der Waals surface area contributed by atoms with E-state index in [-0.39, 0.29) is 11.9 Å². The van der Waals surface area contributed by atoms with Crippen molar-refractivity contribution in [1.29, 1.82) is 0 Å². The van der Waals surface area contributed by atoms with Crippen LogP contribution in [0.25, 0.3) is 0 Å². The minimum atomic E-state index is -0.0596. The zero-order chi connectivity index (χ0) is 15.7. The van der Waals surface area contributed by atoms with Crippen molar-refractivity contribution >= 4 is 5.91 Å². The Balaban J connectivity index is 2.36. The highest BCUT2D eigenvalue weighted by molar-refractivity contribution is 5.76. The summed E-state index contributed by atoms with van der Waals surface area (Å²) in [6.45, 7) is 4.64. The third kappa shape index (κ3) is 6.74. The Morgan fingerprint density at radius 3 is 2.43 bits per heavy atom. The Morgan fingerprint density at radius 2 is 1.86 bits per heavy atom. The molecule has 0 spiro atoms. The van der Waals surface area contributed by atoms with Crippen LogP contribution in [-0.2, 0) is 4.79 Å². The van der Waals surface area contributed by atoms with Crippen LogP contribution in [0.2, 0.25) is 0 Å². The number of rotatable bonds is 9. The van der Waals surface area contributed by atoms with E-state index in [1.54, 1.807) is 0 Å². The number of hydrogen-bond acceptors (Lipinski definition) is 3. The van der Waals surface area contributed by atoms with Gasteiger partial charge in [-0.1, -0.05) is 30.3 Å². The quantitative estimate of drug-likeness (QED) is 0.759. The fraction of sp³-hybridized carbons (Fsp3) is 0.588. The predicted molar refractivity (Wildman–Crippen MR) is 88.0 cm³/mol. The second-order valence-electron chi connectivity index (χ2n) is 5.69. The van der Waals surface area contributed by atoms with Crippen LogP contribution >= 0.6 is 0 Å². The molecular formula is C17H29N3O. The highest BCUT2D eigenvalue weighted by Gasteiger charge is 2.14. The van der Waals surface area contributed by atoms with E-state index in [9.17, 15) is 4.79 Å². The molecule has 0 saturated carbocycles. The summed E-state index contributed by atoms with van der Waals surface area (Å²) in [6, 6.07) is 9.92. The Labute approximate surface area is 128 Å². The SMILES string of the molecule is CCN(CCCN(C)C)C(=O)CCC(N)c1ccccc1. The van der Waals surface area contributed by atoms with Crippen LogP contribution in [0.3, 0.4) is 0 Å². The maximum Gasteiger partial charge on any atom is 0.222 e. The smallest absolute Gasteiger partial charge is 0.222 e. The number of carbonyl (C=O) groups is 1. The fourth-order valence-electron chi connectivity index (χ4n) is 2.34. The summed E-state index contributed by atoms with van der Waals surface area (Å²) >= 11 is 0. The second-order valence-corrected chi connectivity index (χ2v) is 5.69. The van der Waals surface area contributed by atoms with Crippen molar-refractivity contribution in [1.82, 2.24) is 9.80 Å². The maximum atomic E-state index is 12.2. The van der Waals surface area contributed by atoms with Gasteiger partial charge >= 0.3 is 0 Å². The van der Waals surface area contributed by atoms with E-state index in [2.05, 4.69) is 19.0 Å². The molecule has 2 N–H and O–H groups in total. The van der Waals surface area contributed by atoms with Crippen molar-refractivity contribution in [2.75, 3.05) is 33.7 Å². The topological polar surface area (TPSA) is 49.6 Å². The van der Waals surface area contributed by atoms with Crippen LogP contribution in [0, 0.1) is 0 Å². The van der Waals surface area contributed by atoms with Gasteiger partial charge in [0.25, 0.3) is 0 Å². The van der Waals surface area contributed by atoms with Gasteiger partial charge in [-0.15, -0.1) is 0 Å². The predicted octanol–water partition coefficient (Wildman–Crippen LogP) is 2.27. The first-order valence-electron chi connectivity index (χ1n) is 7.77. The zero-order valence-electron chi connectivity index (χ0n) is 13.6. The molecule has 0 saturated heterocycles. The van der Waals surface area contributed by atoms with Gasteiger partial charge in [0.1, 0.15) is 0 Å².